The molecule has 154 valence electrons. The minimum Gasteiger partial charge on any atom is -0.461 e. The molecule has 0 saturated heterocycles. The Kier molecular flexibility index (Phi) is 6.71. The number of benzene rings is 1. The molecule has 3 heterocycles. The van der Waals surface area contributed by atoms with Crippen molar-refractivity contribution in [2.75, 3.05) is 5.75 Å². The molecule has 0 spiro atoms. The summed E-state index contributed by atoms with van der Waals surface area (Å²) in [5.74, 6) is 3.08. The van der Waals surface area contributed by atoms with Gasteiger partial charge in [0.1, 0.15) is 0 Å². The van der Waals surface area contributed by atoms with Crippen LogP contribution in [-0.2, 0) is 13.1 Å². The van der Waals surface area contributed by atoms with E-state index in [2.05, 4.69) is 32.2 Å². The second kappa shape index (κ2) is 10.0. The lowest BCUT2D eigenvalue weighted by Gasteiger charge is -2.06. The number of hydrogen-bond acceptors (Lipinski definition) is 7. The zero-order chi connectivity index (χ0) is 20.6. The zero-order valence-electron chi connectivity index (χ0n) is 16.6. The maximum absolute atomic E-state index is 5.46. The van der Waals surface area contributed by atoms with Crippen LogP contribution in [0.1, 0.15) is 19.3 Å². The first-order valence-electron chi connectivity index (χ1n) is 9.89. The molecule has 4 aromatic rings. The molecule has 1 aromatic carbocycles. The first-order chi connectivity index (χ1) is 14.8. The number of thioether (sulfide) groups is 1. The molecule has 0 aliphatic rings. The lowest BCUT2D eigenvalue weighted by Crippen LogP contribution is -2.03. The Bertz CT molecular complexity index is 1060. The fourth-order valence-electron chi connectivity index (χ4n) is 3.01. The molecule has 0 fully saturated rings. The van der Waals surface area contributed by atoms with E-state index in [1.165, 1.54) is 0 Å². The molecule has 9 heteroatoms. The van der Waals surface area contributed by atoms with Crippen molar-refractivity contribution in [3.63, 3.8) is 0 Å². The number of unbranched alkanes of at least 4 members (excludes halogenated alkanes) is 2. The van der Waals surface area contributed by atoms with E-state index in [0.29, 0.717) is 18.1 Å². The molecule has 0 radical (unpaired) electrons. The van der Waals surface area contributed by atoms with Crippen LogP contribution < -0.4 is 0 Å². The Hall–Kier alpha value is -3.20. The van der Waals surface area contributed by atoms with Crippen molar-refractivity contribution >= 4 is 11.8 Å². The molecule has 4 rings (SSSR count). The summed E-state index contributed by atoms with van der Waals surface area (Å²) in [4.78, 5) is 1.67. The quantitative estimate of drug-likeness (QED) is 0.202. The van der Waals surface area contributed by atoms with Gasteiger partial charge in [-0.3, -0.25) is 4.57 Å². The Morgan fingerprint density at radius 2 is 1.90 bits per heavy atom. The normalized spacial score (nSPS) is 11.1. The molecule has 0 unspecified atom stereocenters. The van der Waals surface area contributed by atoms with Crippen molar-refractivity contribution in [3.8, 4) is 23.0 Å². The number of nitrogens with zero attached hydrogens (tertiary/aromatic N) is 7. The molecule has 0 N–H and O–H groups in total. The summed E-state index contributed by atoms with van der Waals surface area (Å²) in [6.45, 7) is 5.24. The molecule has 0 atom stereocenters. The molecule has 0 saturated carbocycles. The van der Waals surface area contributed by atoms with Crippen molar-refractivity contribution in [1.29, 1.82) is 0 Å². The summed E-state index contributed by atoms with van der Waals surface area (Å²) in [5, 5.41) is 22.2. The summed E-state index contributed by atoms with van der Waals surface area (Å²) >= 11 is 1.70. The minimum atomic E-state index is 0.646. The predicted molar refractivity (Wildman–Crippen MR) is 116 cm³/mol. The third kappa shape index (κ3) is 4.85. The predicted octanol–water partition coefficient (Wildman–Crippen LogP) is 4.34. The number of tetrazole rings is 1. The van der Waals surface area contributed by atoms with Gasteiger partial charge in [0, 0.05) is 17.9 Å². The van der Waals surface area contributed by atoms with Crippen LogP contribution in [-0.4, -0.2) is 40.7 Å². The molecule has 8 nitrogen and oxygen atoms in total. The third-order valence-electron chi connectivity index (χ3n) is 4.49. The van der Waals surface area contributed by atoms with Gasteiger partial charge in [-0.05, 0) is 30.2 Å². The van der Waals surface area contributed by atoms with E-state index in [9.17, 15) is 0 Å². The highest BCUT2D eigenvalue weighted by Gasteiger charge is 2.15. The number of aryl methyl sites for hydroxylation is 1. The number of furan rings is 1. The summed E-state index contributed by atoms with van der Waals surface area (Å²) in [6, 6.07) is 13.6. The maximum Gasteiger partial charge on any atom is 0.204 e. The molecular formula is C21H23N7OS. The van der Waals surface area contributed by atoms with E-state index >= 15 is 0 Å². The Balaban J connectivity index is 1.22. The Morgan fingerprint density at radius 3 is 2.70 bits per heavy atom. The average Bonchev–Trinajstić information content (AvgIpc) is 3.53. The number of aromatic nitrogens is 7. The standard InChI is InChI=1S/C21H23N7OS/c1-2-13-27-20(18-12-9-15-29-18)23-24-21(27)30-16-8-4-7-14-28-25-19(22-26-28)17-10-5-3-6-11-17/h2-3,5-6,9-12,15H,1,4,7-8,13-14,16H2. The van der Waals surface area contributed by atoms with Gasteiger partial charge in [0.05, 0.1) is 12.8 Å². The largest absolute Gasteiger partial charge is 0.461 e. The summed E-state index contributed by atoms with van der Waals surface area (Å²) < 4.78 is 7.49. The lowest BCUT2D eigenvalue weighted by atomic mass is 10.2. The smallest absolute Gasteiger partial charge is 0.204 e. The second-order valence-electron chi connectivity index (χ2n) is 6.67. The Labute approximate surface area is 179 Å². The molecule has 0 aliphatic carbocycles. The van der Waals surface area contributed by atoms with E-state index in [4.69, 9.17) is 4.42 Å². The first-order valence-corrected chi connectivity index (χ1v) is 10.9. The summed E-state index contributed by atoms with van der Waals surface area (Å²) in [5.41, 5.74) is 0.984. The summed E-state index contributed by atoms with van der Waals surface area (Å²) in [7, 11) is 0. The van der Waals surface area contributed by atoms with E-state index in [1.807, 2.05) is 53.1 Å². The van der Waals surface area contributed by atoms with Crippen LogP contribution in [0.3, 0.4) is 0 Å². The van der Waals surface area contributed by atoms with E-state index < -0.39 is 0 Å². The summed E-state index contributed by atoms with van der Waals surface area (Å²) in [6.07, 6.45) is 6.64. The van der Waals surface area contributed by atoms with Crippen molar-refractivity contribution < 1.29 is 4.42 Å². The molecule has 0 aliphatic heterocycles. The van der Waals surface area contributed by atoms with Gasteiger partial charge in [-0.2, -0.15) is 4.80 Å². The van der Waals surface area contributed by atoms with Gasteiger partial charge < -0.3 is 4.42 Å². The van der Waals surface area contributed by atoms with Crippen LogP contribution in [0.15, 0.2) is 71.0 Å². The monoisotopic (exact) mass is 421 g/mol. The maximum atomic E-state index is 5.46. The fourth-order valence-corrected chi connectivity index (χ4v) is 3.96. The van der Waals surface area contributed by atoms with E-state index in [0.717, 1.165) is 48.1 Å². The van der Waals surface area contributed by atoms with Gasteiger partial charge >= 0.3 is 0 Å². The van der Waals surface area contributed by atoms with Gasteiger partial charge in [-0.25, -0.2) is 0 Å². The van der Waals surface area contributed by atoms with Crippen molar-refractivity contribution in [2.24, 2.45) is 0 Å². The second-order valence-corrected chi connectivity index (χ2v) is 7.73. The topological polar surface area (TPSA) is 87.5 Å². The van der Waals surface area contributed by atoms with Gasteiger partial charge in [-0.15, -0.1) is 27.0 Å². The molecule has 0 amide bonds. The lowest BCUT2D eigenvalue weighted by molar-refractivity contribution is 0.487. The van der Waals surface area contributed by atoms with Crippen LogP contribution in [0.25, 0.3) is 23.0 Å². The molecular weight excluding hydrogens is 398 g/mol. The third-order valence-corrected chi connectivity index (χ3v) is 5.54. The molecule has 30 heavy (non-hydrogen) atoms. The van der Waals surface area contributed by atoms with Gasteiger partial charge in [0.15, 0.2) is 10.9 Å². The van der Waals surface area contributed by atoms with Crippen LogP contribution in [0, 0.1) is 0 Å². The van der Waals surface area contributed by atoms with Crippen molar-refractivity contribution in [3.05, 3.63) is 61.4 Å². The number of hydrogen-bond donors (Lipinski definition) is 0. The fraction of sp³-hybridized carbons (Fsp3) is 0.286. The van der Waals surface area contributed by atoms with Gasteiger partial charge in [-0.1, -0.05) is 54.6 Å². The number of allylic oxidation sites excluding steroid dienone is 1. The van der Waals surface area contributed by atoms with Crippen LogP contribution in [0.4, 0.5) is 0 Å². The number of rotatable bonds is 11. The highest BCUT2D eigenvalue weighted by molar-refractivity contribution is 7.99. The highest BCUT2D eigenvalue weighted by atomic mass is 32.2. The zero-order valence-corrected chi connectivity index (χ0v) is 17.4. The van der Waals surface area contributed by atoms with Gasteiger partial charge in [0.2, 0.25) is 11.6 Å². The van der Waals surface area contributed by atoms with Crippen molar-refractivity contribution in [1.82, 2.24) is 35.0 Å². The molecule has 3 aromatic heterocycles. The average molecular weight is 422 g/mol. The van der Waals surface area contributed by atoms with Crippen molar-refractivity contribution in [2.45, 2.75) is 37.5 Å². The SMILES string of the molecule is C=CCn1c(SCCCCCn2nnc(-c3ccccc3)n2)nnc1-c1ccco1. The highest BCUT2D eigenvalue weighted by Crippen LogP contribution is 2.25. The van der Waals surface area contributed by atoms with Crippen LogP contribution >= 0.6 is 11.8 Å². The van der Waals surface area contributed by atoms with Crippen LogP contribution in [0.5, 0.6) is 0 Å². The van der Waals surface area contributed by atoms with E-state index in [-0.39, 0.29) is 0 Å². The molecule has 0 bridgehead atoms. The van der Waals surface area contributed by atoms with E-state index in [1.54, 1.807) is 22.8 Å². The first kappa shape index (κ1) is 20.1. The Morgan fingerprint density at radius 1 is 1.00 bits per heavy atom. The van der Waals surface area contributed by atoms with Gasteiger partial charge in [0.25, 0.3) is 0 Å². The van der Waals surface area contributed by atoms with Crippen LogP contribution in [0.2, 0.25) is 0 Å². The minimum absolute atomic E-state index is 0.646.